The molecule has 0 radical (unpaired) electrons. The van der Waals surface area contributed by atoms with E-state index in [9.17, 15) is 4.79 Å². The van der Waals surface area contributed by atoms with E-state index in [2.05, 4.69) is 11.4 Å². The molecule has 0 aromatic heterocycles. The highest BCUT2D eigenvalue weighted by Crippen LogP contribution is 2.30. The molecule has 28 heavy (non-hydrogen) atoms. The second-order valence-electron chi connectivity index (χ2n) is 7.47. The minimum Gasteiger partial charge on any atom is -0.490 e. The van der Waals surface area contributed by atoms with Crippen LogP contribution in [0.15, 0.2) is 48.5 Å². The van der Waals surface area contributed by atoms with Crippen LogP contribution in [0, 0.1) is 0 Å². The molecule has 2 aliphatic rings. The molecule has 1 saturated carbocycles. The average Bonchev–Trinajstić information content (AvgIpc) is 3.24. The number of fused-ring (bicyclic) bond motifs is 1. The molecular weight excluding hydrogens is 354 g/mol. The maximum atomic E-state index is 12.2. The van der Waals surface area contributed by atoms with Gasteiger partial charge in [0.25, 0.3) is 0 Å². The molecule has 2 aromatic carbocycles. The summed E-state index contributed by atoms with van der Waals surface area (Å²) in [6.45, 7) is 0.885. The molecule has 2 aromatic rings. The van der Waals surface area contributed by atoms with E-state index in [-0.39, 0.29) is 12.0 Å². The van der Waals surface area contributed by atoms with Gasteiger partial charge in [-0.05, 0) is 61.9 Å². The van der Waals surface area contributed by atoms with Crippen molar-refractivity contribution in [1.29, 1.82) is 0 Å². The van der Waals surface area contributed by atoms with Crippen LogP contribution in [0.2, 0.25) is 0 Å². The van der Waals surface area contributed by atoms with Gasteiger partial charge in [0.05, 0.1) is 12.6 Å². The summed E-state index contributed by atoms with van der Waals surface area (Å²) in [6, 6.07) is 15.7. The summed E-state index contributed by atoms with van der Waals surface area (Å²) < 4.78 is 17.6. The van der Waals surface area contributed by atoms with Crippen molar-refractivity contribution in [1.82, 2.24) is 5.32 Å². The fraction of sp³-hybridized carbons (Fsp3) is 0.435. The third-order valence-electron chi connectivity index (χ3n) is 5.24. The Hall–Kier alpha value is -2.69. The van der Waals surface area contributed by atoms with Gasteiger partial charge in [-0.1, -0.05) is 24.3 Å². The van der Waals surface area contributed by atoms with Crippen LogP contribution in [0.1, 0.15) is 37.7 Å². The lowest BCUT2D eigenvalue weighted by molar-refractivity contribution is -0.121. The summed E-state index contributed by atoms with van der Waals surface area (Å²) >= 11 is 0. The number of rotatable bonds is 7. The predicted molar refractivity (Wildman–Crippen MR) is 107 cm³/mol. The molecule has 1 amide bonds. The van der Waals surface area contributed by atoms with Gasteiger partial charge in [0.15, 0.2) is 11.5 Å². The van der Waals surface area contributed by atoms with Gasteiger partial charge in [-0.25, -0.2) is 0 Å². The highest BCUT2D eigenvalue weighted by molar-refractivity contribution is 5.76. The Morgan fingerprint density at radius 2 is 1.89 bits per heavy atom. The molecule has 148 valence electrons. The molecule has 1 N–H and O–H groups in total. The summed E-state index contributed by atoms with van der Waals surface area (Å²) in [5.74, 6) is 2.41. The topological polar surface area (TPSA) is 56.8 Å². The quantitative estimate of drug-likeness (QED) is 0.790. The Morgan fingerprint density at radius 1 is 1.07 bits per heavy atom. The van der Waals surface area contributed by atoms with Crippen LogP contribution in [0.3, 0.4) is 0 Å². The largest absolute Gasteiger partial charge is 0.490 e. The monoisotopic (exact) mass is 381 g/mol. The van der Waals surface area contributed by atoms with Crippen LogP contribution in [-0.4, -0.2) is 31.3 Å². The normalized spacial score (nSPS) is 18.6. The number of amides is 1. The second kappa shape index (κ2) is 9.00. The molecule has 1 heterocycles. The van der Waals surface area contributed by atoms with Gasteiger partial charge < -0.3 is 19.5 Å². The van der Waals surface area contributed by atoms with Gasteiger partial charge in [-0.2, -0.15) is 0 Å². The third-order valence-corrected chi connectivity index (χ3v) is 5.24. The fourth-order valence-corrected chi connectivity index (χ4v) is 3.71. The van der Waals surface area contributed by atoms with E-state index in [1.165, 1.54) is 12.8 Å². The van der Waals surface area contributed by atoms with E-state index in [1.807, 2.05) is 42.5 Å². The Kier molecular flexibility index (Phi) is 6.00. The first kappa shape index (κ1) is 18.7. The van der Waals surface area contributed by atoms with Crippen molar-refractivity contribution < 1.29 is 19.0 Å². The molecule has 0 bridgehead atoms. The lowest BCUT2D eigenvalue weighted by Gasteiger charge is -2.26. The molecule has 1 atom stereocenters. The zero-order valence-corrected chi connectivity index (χ0v) is 16.1. The molecule has 5 nitrogen and oxygen atoms in total. The fourth-order valence-electron chi connectivity index (χ4n) is 3.71. The van der Waals surface area contributed by atoms with Gasteiger partial charge in [-0.3, -0.25) is 4.79 Å². The third kappa shape index (κ3) is 4.97. The number of para-hydroxylation sites is 2. The maximum Gasteiger partial charge on any atom is 0.220 e. The van der Waals surface area contributed by atoms with Gasteiger partial charge in [0, 0.05) is 6.42 Å². The first-order valence-electron chi connectivity index (χ1n) is 10.2. The summed E-state index contributed by atoms with van der Waals surface area (Å²) in [7, 11) is 0. The van der Waals surface area contributed by atoms with Gasteiger partial charge in [0.1, 0.15) is 18.5 Å². The van der Waals surface area contributed by atoms with Crippen LogP contribution >= 0.6 is 0 Å². The van der Waals surface area contributed by atoms with E-state index in [4.69, 9.17) is 14.2 Å². The average molecular weight is 381 g/mol. The molecule has 1 unspecified atom stereocenters. The molecular formula is C23H27NO4. The number of carbonyl (C=O) groups is 1. The summed E-state index contributed by atoms with van der Waals surface area (Å²) in [4.78, 5) is 12.2. The Balaban J connectivity index is 1.20. The van der Waals surface area contributed by atoms with E-state index < -0.39 is 0 Å². The Labute approximate surface area is 166 Å². The summed E-state index contributed by atoms with van der Waals surface area (Å²) in [5.41, 5.74) is 1.12. The van der Waals surface area contributed by atoms with Crippen molar-refractivity contribution in [3.05, 3.63) is 54.1 Å². The van der Waals surface area contributed by atoms with E-state index in [1.54, 1.807) is 0 Å². The zero-order chi connectivity index (χ0) is 19.2. The van der Waals surface area contributed by atoms with Crippen molar-refractivity contribution in [2.75, 3.05) is 13.2 Å². The minimum atomic E-state index is -0.165. The smallest absolute Gasteiger partial charge is 0.220 e. The van der Waals surface area contributed by atoms with Crippen LogP contribution < -0.4 is 19.5 Å². The van der Waals surface area contributed by atoms with Crippen molar-refractivity contribution in [2.45, 2.75) is 50.7 Å². The van der Waals surface area contributed by atoms with Crippen LogP contribution in [-0.2, 0) is 11.2 Å². The number of carbonyl (C=O) groups excluding carboxylic acids is 1. The number of hydrogen-bond donors (Lipinski definition) is 1. The predicted octanol–water partition coefficient (Wildman–Crippen LogP) is 3.90. The van der Waals surface area contributed by atoms with Crippen molar-refractivity contribution in [3.8, 4) is 17.2 Å². The number of aryl methyl sites for hydroxylation is 1. The molecule has 1 fully saturated rings. The number of nitrogens with one attached hydrogen (secondary N) is 1. The van der Waals surface area contributed by atoms with Crippen molar-refractivity contribution in [2.24, 2.45) is 0 Å². The number of hydrogen-bond acceptors (Lipinski definition) is 4. The molecule has 0 saturated heterocycles. The van der Waals surface area contributed by atoms with Gasteiger partial charge in [0.2, 0.25) is 5.91 Å². The van der Waals surface area contributed by atoms with Crippen LogP contribution in [0.25, 0.3) is 0 Å². The van der Waals surface area contributed by atoms with Crippen molar-refractivity contribution in [3.63, 3.8) is 0 Å². The Morgan fingerprint density at radius 3 is 2.75 bits per heavy atom. The van der Waals surface area contributed by atoms with Gasteiger partial charge >= 0.3 is 0 Å². The zero-order valence-electron chi connectivity index (χ0n) is 16.1. The number of benzene rings is 2. The van der Waals surface area contributed by atoms with Crippen LogP contribution in [0.5, 0.6) is 17.2 Å². The molecule has 5 heteroatoms. The minimum absolute atomic E-state index is 0.0181. The molecule has 1 aliphatic carbocycles. The molecule has 1 aliphatic heterocycles. The number of ether oxygens (including phenoxy) is 3. The van der Waals surface area contributed by atoms with Crippen molar-refractivity contribution >= 4 is 5.91 Å². The second-order valence-corrected chi connectivity index (χ2v) is 7.47. The highest BCUT2D eigenvalue weighted by atomic mass is 16.6. The van der Waals surface area contributed by atoms with Crippen LogP contribution in [0.4, 0.5) is 0 Å². The summed E-state index contributed by atoms with van der Waals surface area (Å²) in [6.07, 6.45) is 6.12. The maximum absolute atomic E-state index is 12.2. The first-order chi connectivity index (χ1) is 13.8. The SMILES string of the molecule is O=C(CCc1cccc(OC2CCCC2)c1)NCC1COc2ccccc2O1. The lowest BCUT2D eigenvalue weighted by atomic mass is 10.1. The Bertz CT molecular complexity index is 801. The van der Waals surface area contributed by atoms with Gasteiger partial charge in [-0.15, -0.1) is 0 Å². The standard InChI is InChI=1S/C23H27NO4/c25-23(24-15-20-16-26-21-10-3-4-11-22(21)28-20)13-12-17-6-5-9-19(14-17)27-18-7-1-2-8-18/h3-6,9-11,14,18,20H,1-2,7-8,12-13,15-16H2,(H,24,25). The van der Waals surface area contributed by atoms with E-state index in [0.29, 0.717) is 32.1 Å². The highest BCUT2D eigenvalue weighted by Gasteiger charge is 2.21. The lowest BCUT2D eigenvalue weighted by Crippen LogP contribution is -2.40. The van der Waals surface area contributed by atoms with E-state index >= 15 is 0 Å². The van der Waals surface area contributed by atoms with E-state index in [0.717, 1.165) is 35.7 Å². The summed E-state index contributed by atoms with van der Waals surface area (Å²) in [5, 5.41) is 2.95. The first-order valence-corrected chi connectivity index (χ1v) is 10.2. The molecule has 4 rings (SSSR count). The molecule has 0 spiro atoms.